The molecule has 3 nitrogen and oxygen atoms in total. The molecular formula is C16H28N2O. The molecule has 0 aromatic heterocycles. The lowest BCUT2D eigenvalue weighted by molar-refractivity contribution is -0.122. The van der Waals surface area contributed by atoms with E-state index in [4.69, 9.17) is 5.73 Å². The molecule has 19 heavy (non-hydrogen) atoms. The molecule has 0 radical (unpaired) electrons. The van der Waals surface area contributed by atoms with Crippen LogP contribution in [0.3, 0.4) is 0 Å². The Bertz CT molecular complexity index is 339. The van der Waals surface area contributed by atoms with Crippen LogP contribution in [0.2, 0.25) is 0 Å². The van der Waals surface area contributed by atoms with Gasteiger partial charge in [0.2, 0.25) is 5.91 Å². The SMILES string of the molecule is CC(C)CC(CN)CC(=O)NC1C2C3CCC(C3)C12. The summed E-state index contributed by atoms with van der Waals surface area (Å²) in [5.74, 6) is 4.76. The number of rotatable bonds is 6. The maximum absolute atomic E-state index is 12.1. The lowest BCUT2D eigenvalue weighted by Crippen LogP contribution is -2.33. The molecule has 3 rings (SSSR count). The van der Waals surface area contributed by atoms with Gasteiger partial charge in [-0.1, -0.05) is 13.8 Å². The monoisotopic (exact) mass is 264 g/mol. The first kappa shape index (κ1) is 13.4. The third-order valence-electron chi connectivity index (χ3n) is 5.68. The molecule has 0 saturated heterocycles. The summed E-state index contributed by atoms with van der Waals surface area (Å²) in [5.41, 5.74) is 5.78. The van der Waals surface area contributed by atoms with Crippen molar-refractivity contribution in [1.82, 2.24) is 5.32 Å². The van der Waals surface area contributed by atoms with Gasteiger partial charge in [0.25, 0.3) is 0 Å². The highest BCUT2D eigenvalue weighted by molar-refractivity contribution is 5.77. The fourth-order valence-electron chi connectivity index (χ4n) is 4.95. The van der Waals surface area contributed by atoms with Gasteiger partial charge in [-0.2, -0.15) is 0 Å². The minimum Gasteiger partial charge on any atom is -0.353 e. The molecule has 3 saturated carbocycles. The maximum atomic E-state index is 12.1. The average molecular weight is 264 g/mol. The van der Waals surface area contributed by atoms with E-state index in [1.807, 2.05) is 0 Å². The lowest BCUT2D eigenvalue weighted by atomic mass is 9.94. The molecule has 3 N–H and O–H groups in total. The zero-order chi connectivity index (χ0) is 13.6. The first-order chi connectivity index (χ1) is 9.10. The van der Waals surface area contributed by atoms with Gasteiger partial charge in [-0.15, -0.1) is 0 Å². The van der Waals surface area contributed by atoms with E-state index in [-0.39, 0.29) is 5.91 Å². The number of hydrogen-bond donors (Lipinski definition) is 2. The molecule has 3 aliphatic rings. The van der Waals surface area contributed by atoms with Crippen molar-refractivity contribution in [2.75, 3.05) is 6.54 Å². The Morgan fingerprint density at radius 3 is 2.42 bits per heavy atom. The Hall–Kier alpha value is -0.570. The Kier molecular flexibility index (Phi) is 3.59. The van der Waals surface area contributed by atoms with Crippen molar-refractivity contribution in [2.45, 2.75) is 52.0 Å². The van der Waals surface area contributed by atoms with E-state index in [1.54, 1.807) is 0 Å². The van der Waals surface area contributed by atoms with E-state index in [1.165, 1.54) is 19.3 Å². The van der Waals surface area contributed by atoms with Crippen molar-refractivity contribution in [3.63, 3.8) is 0 Å². The molecule has 5 unspecified atom stereocenters. The zero-order valence-electron chi connectivity index (χ0n) is 12.3. The Morgan fingerprint density at radius 1 is 1.26 bits per heavy atom. The van der Waals surface area contributed by atoms with E-state index in [9.17, 15) is 4.79 Å². The van der Waals surface area contributed by atoms with E-state index < -0.39 is 0 Å². The van der Waals surface area contributed by atoms with Gasteiger partial charge < -0.3 is 11.1 Å². The summed E-state index contributed by atoms with van der Waals surface area (Å²) in [4.78, 5) is 12.1. The summed E-state index contributed by atoms with van der Waals surface area (Å²) in [6, 6.07) is 0.524. The normalized spacial score (nSPS) is 40.3. The van der Waals surface area contributed by atoms with Crippen LogP contribution < -0.4 is 11.1 Å². The molecule has 3 fully saturated rings. The fourth-order valence-corrected chi connectivity index (χ4v) is 4.95. The fraction of sp³-hybridized carbons (Fsp3) is 0.938. The predicted molar refractivity (Wildman–Crippen MR) is 76.4 cm³/mol. The van der Waals surface area contributed by atoms with Crippen molar-refractivity contribution in [2.24, 2.45) is 41.2 Å². The van der Waals surface area contributed by atoms with E-state index in [0.29, 0.717) is 30.8 Å². The largest absolute Gasteiger partial charge is 0.353 e. The second-order valence-electron chi connectivity index (χ2n) is 7.52. The predicted octanol–water partition coefficient (Wildman–Crippen LogP) is 2.16. The van der Waals surface area contributed by atoms with Gasteiger partial charge >= 0.3 is 0 Å². The Balaban J connectivity index is 1.45. The molecule has 108 valence electrons. The molecule has 0 spiro atoms. The smallest absolute Gasteiger partial charge is 0.220 e. The highest BCUT2D eigenvalue weighted by Gasteiger charge is 2.65. The third kappa shape index (κ3) is 2.54. The van der Waals surface area contributed by atoms with Gasteiger partial charge in [-0.05, 0) is 67.7 Å². The van der Waals surface area contributed by atoms with Crippen molar-refractivity contribution >= 4 is 5.91 Å². The number of hydrogen-bond acceptors (Lipinski definition) is 2. The molecule has 5 atom stereocenters. The first-order valence-corrected chi connectivity index (χ1v) is 8.09. The van der Waals surface area contributed by atoms with Gasteiger partial charge in [0.1, 0.15) is 0 Å². The highest BCUT2D eigenvalue weighted by Crippen LogP contribution is 2.65. The molecule has 0 aromatic carbocycles. The van der Waals surface area contributed by atoms with Crippen LogP contribution in [-0.2, 0) is 4.79 Å². The van der Waals surface area contributed by atoms with E-state index >= 15 is 0 Å². The summed E-state index contributed by atoms with van der Waals surface area (Å²) in [5, 5.41) is 3.30. The third-order valence-corrected chi connectivity index (χ3v) is 5.68. The number of nitrogens with one attached hydrogen (secondary N) is 1. The average Bonchev–Trinajstić information content (AvgIpc) is 2.75. The van der Waals surface area contributed by atoms with Gasteiger partial charge in [-0.25, -0.2) is 0 Å². The summed E-state index contributed by atoms with van der Waals surface area (Å²) in [6.07, 6.45) is 5.96. The van der Waals surface area contributed by atoms with Crippen LogP contribution >= 0.6 is 0 Å². The van der Waals surface area contributed by atoms with Gasteiger partial charge in [0, 0.05) is 12.5 Å². The summed E-state index contributed by atoms with van der Waals surface area (Å²) < 4.78 is 0. The van der Waals surface area contributed by atoms with Crippen molar-refractivity contribution in [3.05, 3.63) is 0 Å². The Morgan fingerprint density at radius 2 is 1.89 bits per heavy atom. The van der Waals surface area contributed by atoms with Crippen molar-refractivity contribution < 1.29 is 4.79 Å². The molecular weight excluding hydrogens is 236 g/mol. The van der Waals surface area contributed by atoms with E-state index in [2.05, 4.69) is 19.2 Å². The van der Waals surface area contributed by atoms with Crippen molar-refractivity contribution in [1.29, 1.82) is 0 Å². The van der Waals surface area contributed by atoms with E-state index in [0.717, 1.165) is 30.1 Å². The number of carbonyl (C=O) groups excluding carboxylic acids is 1. The van der Waals surface area contributed by atoms with Crippen LogP contribution in [0.25, 0.3) is 0 Å². The molecule has 0 heterocycles. The lowest BCUT2D eigenvalue weighted by Gasteiger charge is -2.17. The maximum Gasteiger partial charge on any atom is 0.220 e. The Labute approximate surface area is 116 Å². The van der Waals surface area contributed by atoms with Crippen LogP contribution in [0.15, 0.2) is 0 Å². The molecule has 2 bridgehead atoms. The second kappa shape index (κ2) is 5.08. The number of nitrogens with two attached hydrogens (primary N) is 1. The minimum absolute atomic E-state index is 0.245. The zero-order valence-corrected chi connectivity index (χ0v) is 12.3. The van der Waals surface area contributed by atoms with Gasteiger partial charge in [0.15, 0.2) is 0 Å². The molecule has 3 aliphatic carbocycles. The molecule has 1 amide bonds. The van der Waals surface area contributed by atoms with Crippen LogP contribution in [0.1, 0.15) is 46.0 Å². The number of fused-ring (bicyclic) bond motifs is 5. The molecule has 0 aliphatic heterocycles. The summed E-state index contributed by atoms with van der Waals surface area (Å²) in [7, 11) is 0. The highest BCUT2D eigenvalue weighted by atomic mass is 16.1. The molecule has 0 aromatic rings. The number of carbonyl (C=O) groups is 1. The quantitative estimate of drug-likeness (QED) is 0.772. The van der Waals surface area contributed by atoms with Gasteiger partial charge in [0.05, 0.1) is 0 Å². The standard InChI is InChI=1S/C16H28N2O/c1-9(2)5-10(8-17)6-13(19)18-16-14-11-3-4-12(7-11)15(14)16/h9-12,14-16H,3-8,17H2,1-2H3,(H,18,19). The second-order valence-corrected chi connectivity index (χ2v) is 7.52. The molecule has 3 heteroatoms. The minimum atomic E-state index is 0.245. The summed E-state index contributed by atoms with van der Waals surface area (Å²) in [6.45, 7) is 5.03. The van der Waals surface area contributed by atoms with Gasteiger partial charge in [-0.3, -0.25) is 4.79 Å². The van der Waals surface area contributed by atoms with Crippen LogP contribution in [0, 0.1) is 35.5 Å². The van der Waals surface area contributed by atoms with Crippen LogP contribution in [-0.4, -0.2) is 18.5 Å². The van der Waals surface area contributed by atoms with Crippen LogP contribution in [0.5, 0.6) is 0 Å². The van der Waals surface area contributed by atoms with Crippen LogP contribution in [0.4, 0.5) is 0 Å². The topological polar surface area (TPSA) is 55.1 Å². The first-order valence-electron chi connectivity index (χ1n) is 8.09. The van der Waals surface area contributed by atoms with Crippen molar-refractivity contribution in [3.8, 4) is 0 Å². The summed E-state index contributed by atoms with van der Waals surface area (Å²) >= 11 is 0. The number of amides is 1.